The van der Waals surface area contributed by atoms with E-state index in [0.717, 1.165) is 37.0 Å². The highest BCUT2D eigenvalue weighted by Crippen LogP contribution is 2.60. The van der Waals surface area contributed by atoms with Crippen LogP contribution in [0.4, 0.5) is 0 Å². The van der Waals surface area contributed by atoms with Gasteiger partial charge >= 0.3 is 5.97 Å². The van der Waals surface area contributed by atoms with Gasteiger partial charge in [-0.15, -0.1) is 0 Å². The van der Waals surface area contributed by atoms with Crippen molar-refractivity contribution in [1.82, 2.24) is 0 Å². The van der Waals surface area contributed by atoms with Gasteiger partial charge in [-0.1, -0.05) is 26.0 Å². The second kappa shape index (κ2) is 9.63. The van der Waals surface area contributed by atoms with Gasteiger partial charge in [0.1, 0.15) is 5.75 Å². The lowest BCUT2D eigenvalue weighted by molar-refractivity contribution is -0.578. The summed E-state index contributed by atoms with van der Waals surface area (Å²) in [7, 11) is 3.04. The van der Waals surface area contributed by atoms with Crippen LogP contribution in [0.2, 0.25) is 0 Å². The van der Waals surface area contributed by atoms with E-state index in [9.17, 15) is 4.79 Å². The summed E-state index contributed by atoms with van der Waals surface area (Å²) in [5.74, 6) is 0.693. The molecule has 4 aliphatic heterocycles. The average Bonchev–Trinajstić information content (AvgIpc) is 3.10. The van der Waals surface area contributed by atoms with E-state index in [-0.39, 0.29) is 30.3 Å². The number of methoxy groups -OCH3 is 2. The summed E-state index contributed by atoms with van der Waals surface area (Å²) >= 11 is 0. The SMILES string of the molecule is COC(=O)CC[C@@H](O[C@H]1O[C@@H]2O[C@@]3(C)CC[C@H]4[C@H](C)CCC([C@H]1C)[C@@]24OO3)c1ccc(OC)cc1. The molecule has 4 heterocycles. The number of ether oxygens (including phenoxy) is 5. The minimum atomic E-state index is -0.830. The molecule has 4 saturated heterocycles. The maximum absolute atomic E-state index is 11.9. The average molecular weight is 491 g/mol. The molecule has 8 nitrogen and oxygen atoms in total. The first-order valence-corrected chi connectivity index (χ1v) is 12.9. The van der Waals surface area contributed by atoms with Crippen molar-refractivity contribution >= 4 is 5.97 Å². The van der Waals surface area contributed by atoms with Crippen molar-refractivity contribution in [1.29, 1.82) is 0 Å². The van der Waals surface area contributed by atoms with Crippen LogP contribution in [-0.4, -0.2) is 44.2 Å². The van der Waals surface area contributed by atoms with Gasteiger partial charge in [0, 0.05) is 24.7 Å². The molecule has 0 aromatic heterocycles. The standard InChI is InChI=1S/C27H38O8/c1-16-6-11-21-17(2)24(32-25-27(21)20(16)14-15-26(3,33-25)34-35-27)31-22(12-13-23(28)30-5)18-7-9-19(29-4)10-8-18/h7-10,16-17,20-22,24-25H,6,11-15H2,1-5H3/t16-,17-,20+,21?,22-,24+,25-,26-,27-/m1/s1. The van der Waals surface area contributed by atoms with E-state index in [1.54, 1.807) is 7.11 Å². The Labute approximate surface area is 207 Å². The van der Waals surface area contributed by atoms with E-state index < -0.39 is 24.0 Å². The lowest BCUT2D eigenvalue weighted by atomic mass is 9.58. The molecule has 0 radical (unpaired) electrons. The number of carbonyl (C=O) groups excluding carboxylic acids is 1. The highest BCUT2D eigenvalue weighted by atomic mass is 17.3. The topological polar surface area (TPSA) is 81.7 Å². The van der Waals surface area contributed by atoms with E-state index in [0.29, 0.717) is 18.3 Å². The van der Waals surface area contributed by atoms with Crippen molar-refractivity contribution in [2.45, 2.75) is 89.4 Å². The van der Waals surface area contributed by atoms with E-state index in [1.165, 1.54) is 7.11 Å². The minimum Gasteiger partial charge on any atom is -0.497 e. The summed E-state index contributed by atoms with van der Waals surface area (Å²) in [5, 5.41) is 0. The van der Waals surface area contributed by atoms with Crippen molar-refractivity contribution in [3.05, 3.63) is 29.8 Å². The molecule has 2 bridgehead atoms. The van der Waals surface area contributed by atoms with Gasteiger partial charge in [0.15, 0.2) is 18.2 Å². The molecule has 35 heavy (non-hydrogen) atoms. The predicted octanol–water partition coefficient (Wildman–Crippen LogP) is 4.91. The number of rotatable bonds is 7. The molecular weight excluding hydrogens is 452 g/mol. The van der Waals surface area contributed by atoms with Gasteiger partial charge in [-0.2, -0.15) is 0 Å². The number of carbonyl (C=O) groups is 1. The third kappa shape index (κ3) is 4.37. The molecule has 8 heteroatoms. The van der Waals surface area contributed by atoms with Crippen molar-refractivity contribution < 1.29 is 38.3 Å². The summed E-state index contributed by atoms with van der Waals surface area (Å²) in [4.78, 5) is 24.1. The van der Waals surface area contributed by atoms with Gasteiger partial charge in [0.2, 0.25) is 5.79 Å². The smallest absolute Gasteiger partial charge is 0.305 e. The van der Waals surface area contributed by atoms with Gasteiger partial charge in [0.05, 0.1) is 20.3 Å². The predicted molar refractivity (Wildman–Crippen MR) is 125 cm³/mol. The summed E-state index contributed by atoms with van der Waals surface area (Å²) in [6.45, 7) is 6.39. The monoisotopic (exact) mass is 490 g/mol. The van der Waals surface area contributed by atoms with Crippen molar-refractivity contribution in [2.75, 3.05) is 14.2 Å². The second-order valence-corrected chi connectivity index (χ2v) is 10.8. The van der Waals surface area contributed by atoms with Gasteiger partial charge in [0.25, 0.3) is 0 Å². The summed E-state index contributed by atoms with van der Waals surface area (Å²) in [5.41, 5.74) is 0.324. The Kier molecular flexibility index (Phi) is 6.87. The first-order valence-electron chi connectivity index (χ1n) is 12.9. The van der Waals surface area contributed by atoms with Gasteiger partial charge in [-0.05, 0) is 62.1 Å². The van der Waals surface area contributed by atoms with E-state index in [2.05, 4.69) is 13.8 Å². The van der Waals surface area contributed by atoms with E-state index in [4.69, 9.17) is 33.5 Å². The Morgan fingerprint density at radius 3 is 2.57 bits per heavy atom. The van der Waals surface area contributed by atoms with Crippen LogP contribution in [0.25, 0.3) is 0 Å². The maximum Gasteiger partial charge on any atom is 0.305 e. The summed E-state index contributed by atoms with van der Waals surface area (Å²) in [6.07, 6.45) is 3.17. The van der Waals surface area contributed by atoms with E-state index in [1.807, 2.05) is 31.2 Å². The molecule has 1 aliphatic carbocycles. The molecule has 1 aromatic carbocycles. The molecule has 6 rings (SSSR count). The molecule has 1 saturated carbocycles. The lowest BCUT2D eigenvalue weighted by Crippen LogP contribution is -2.70. The molecule has 1 aromatic rings. The molecule has 0 amide bonds. The van der Waals surface area contributed by atoms with Crippen molar-refractivity contribution in [2.24, 2.45) is 23.7 Å². The van der Waals surface area contributed by atoms with Crippen molar-refractivity contribution in [3.63, 3.8) is 0 Å². The first kappa shape index (κ1) is 25.0. The van der Waals surface area contributed by atoms with Gasteiger partial charge in [-0.3, -0.25) is 4.79 Å². The molecular formula is C27H38O8. The highest BCUT2D eigenvalue weighted by Gasteiger charge is 2.69. The highest BCUT2D eigenvalue weighted by molar-refractivity contribution is 5.69. The summed E-state index contributed by atoms with van der Waals surface area (Å²) in [6, 6.07) is 7.74. The van der Waals surface area contributed by atoms with Gasteiger partial charge < -0.3 is 23.7 Å². The second-order valence-electron chi connectivity index (χ2n) is 10.8. The molecule has 9 atom stereocenters. The zero-order valence-corrected chi connectivity index (χ0v) is 21.4. The summed E-state index contributed by atoms with van der Waals surface area (Å²) < 4.78 is 29.9. The largest absolute Gasteiger partial charge is 0.497 e. The molecule has 5 fully saturated rings. The van der Waals surface area contributed by atoms with E-state index >= 15 is 0 Å². The fourth-order valence-electron chi connectivity index (χ4n) is 6.67. The number of fused-ring (bicyclic) bond motifs is 2. The normalized spacial score (nSPS) is 40.9. The fourth-order valence-corrected chi connectivity index (χ4v) is 6.67. The molecule has 1 spiro atoms. The lowest BCUT2D eigenvalue weighted by Gasteiger charge is -2.60. The van der Waals surface area contributed by atoms with Crippen LogP contribution in [0, 0.1) is 23.7 Å². The van der Waals surface area contributed by atoms with Crippen LogP contribution in [0.1, 0.15) is 71.0 Å². The quantitative estimate of drug-likeness (QED) is 0.394. The molecule has 1 unspecified atom stereocenters. The van der Waals surface area contributed by atoms with Crippen molar-refractivity contribution in [3.8, 4) is 5.75 Å². The Morgan fingerprint density at radius 1 is 1.09 bits per heavy atom. The van der Waals surface area contributed by atoms with Crippen LogP contribution < -0.4 is 4.74 Å². The van der Waals surface area contributed by atoms with Crippen LogP contribution in [0.3, 0.4) is 0 Å². The number of benzene rings is 1. The number of hydrogen-bond donors (Lipinski definition) is 0. The van der Waals surface area contributed by atoms with Crippen LogP contribution in [-0.2, 0) is 33.5 Å². The molecule has 5 aliphatic rings. The Balaban J connectivity index is 1.42. The zero-order valence-electron chi connectivity index (χ0n) is 21.4. The zero-order chi connectivity index (χ0) is 24.8. The third-order valence-electron chi connectivity index (χ3n) is 8.72. The molecule has 0 N–H and O–H groups in total. The Bertz CT molecular complexity index is 905. The molecule has 194 valence electrons. The number of hydrogen-bond acceptors (Lipinski definition) is 8. The Morgan fingerprint density at radius 2 is 1.86 bits per heavy atom. The fraction of sp³-hybridized carbons (Fsp3) is 0.741. The number of esters is 1. The minimum absolute atomic E-state index is 0.0507. The van der Waals surface area contributed by atoms with Crippen LogP contribution in [0.15, 0.2) is 24.3 Å². The van der Waals surface area contributed by atoms with Crippen LogP contribution in [0.5, 0.6) is 5.75 Å². The van der Waals surface area contributed by atoms with Crippen LogP contribution >= 0.6 is 0 Å². The third-order valence-corrected chi connectivity index (χ3v) is 8.72. The Hall–Kier alpha value is -1.71. The maximum atomic E-state index is 11.9. The first-order chi connectivity index (χ1) is 16.8. The van der Waals surface area contributed by atoms with Gasteiger partial charge in [-0.25, -0.2) is 9.78 Å².